The molecule has 208 valence electrons. The number of aromatic nitrogens is 1. The highest BCUT2D eigenvalue weighted by molar-refractivity contribution is 6.33. The molecule has 3 aromatic rings. The summed E-state index contributed by atoms with van der Waals surface area (Å²) in [4.78, 5) is 23.2. The van der Waals surface area contributed by atoms with Crippen LogP contribution in [-0.2, 0) is 13.1 Å². The quantitative estimate of drug-likeness (QED) is 0.450. The van der Waals surface area contributed by atoms with E-state index in [1.54, 1.807) is 0 Å². The molecule has 2 fully saturated rings. The number of rotatable bonds is 8. The van der Waals surface area contributed by atoms with Gasteiger partial charge in [0.2, 0.25) is 0 Å². The summed E-state index contributed by atoms with van der Waals surface area (Å²) in [5, 5.41) is 0.806. The summed E-state index contributed by atoms with van der Waals surface area (Å²) in [6.45, 7) is 12.7. The van der Waals surface area contributed by atoms with Crippen molar-refractivity contribution in [3.63, 3.8) is 0 Å². The number of anilines is 2. The largest absolute Gasteiger partial charge is 0.368 e. The average Bonchev–Trinajstić information content (AvgIpc) is 3.27. The summed E-state index contributed by atoms with van der Waals surface area (Å²) in [7, 11) is 0. The molecule has 8 heteroatoms. The molecule has 3 heterocycles. The maximum Gasteiger partial charge on any atom is 0.270 e. The Morgan fingerprint density at radius 3 is 2.33 bits per heavy atom. The highest BCUT2D eigenvalue weighted by atomic mass is 35.5. The lowest BCUT2D eigenvalue weighted by Gasteiger charge is -2.41. The van der Waals surface area contributed by atoms with Gasteiger partial charge in [-0.15, -0.1) is 0 Å². The first kappa shape index (κ1) is 27.6. The highest BCUT2D eigenvalue weighted by Crippen LogP contribution is 2.28. The van der Waals surface area contributed by atoms with E-state index in [-0.39, 0.29) is 11.9 Å². The van der Waals surface area contributed by atoms with Crippen LogP contribution in [0.25, 0.3) is 0 Å². The van der Waals surface area contributed by atoms with Crippen molar-refractivity contribution in [3.8, 4) is 0 Å². The highest BCUT2D eigenvalue weighted by Gasteiger charge is 2.31. The molecule has 1 amide bonds. The summed E-state index contributed by atoms with van der Waals surface area (Å²) in [6.07, 6.45) is 0.850. The van der Waals surface area contributed by atoms with Crippen LogP contribution in [0.15, 0.2) is 60.7 Å². The van der Waals surface area contributed by atoms with E-state index in [1.165, 1.54) is 16.9 Å². The van der Waals surface area contributed by atoms with Crippen molar-refractivity contribution in [1.29, 1.82) is 0 Å². The lowest BCUT2D eigenvalue weighted by molar-refractivity contribution is 0.0662. The number of halogens is 1. The van der Waals surface area contributed by atoms with Crippen LogP contribution in [0.1, 0.15) is 35.1 Å². The van der Waals surface area contributed by atoms with E-state index in [0.29, 0.717) is 6.54 Å². The summed E-state index contributed by atoms with van der Waals surface area (Å²) in [5.74, 6) is 0.130. The Bertz CT molecular complexity index is 1250. The van der Waals surface area contributed by atoms with E-state index in [1.807, 2.05) is 24.3 Å². The van der Waals surface area contributed by atoms with Crippen molar-refractivity contribution in [2.24, 2.45) is 5.73 Å². The second-order valence-corrected chi connectivity index (χ2v) is 11.2. The maximum absolute atomic E-state index is 13.9. The van der Waals surface area contributed by atoms with E-state index in [0.717, 1.165) is 81.7 Å². The summed E-state index contributed by atoms with van der Waals surface area (Å²) in [6, 6.07) is 20.8. The molecule has 0 radical (unpaired) electrons. The molecular formula is C31H41ClN6O. The molecule has 0 bridgehead atoms. The lowest BCUT2D eigenvalue weighted by Crippen LogP contribution is -2.54. The fourth-order valence-electron chi connectivity index (χ4n) is 5.95. The molecular weight excluding hydrogens is 508 g/mol. The number of hydrogen-bond acceptors (Lipinski definition) is 5. The molecule has 2 aliphatic rings. The Morgan fingerprint density at radius 2 is 1.64 bits per heavy atom. The van der Waals surface area contributed by atoms with Crippen molar-refractivity contribution in [2.45, 2.75) is 39.4 Å². The van der Waals surface area contributed by atoms with Gasteiger partial charge in [0.25, 0.3) is 5.91 Å². The van der Waals surface area contributed by atoms with E-state index in [9.17, 15) is 4.79 Å². The normalized spacial score (nSPS) is 18.6. The number of carbonyl (C=O) groups excluding carboxylic acids is 1. The van der Waals surface area contributed by atoms with Crippen LogP contribution < -0.4 is 15.5 Å². The van der Waals surface area contributed by atoms with Gasteiger partial charge in [0.05, 0.1) is 10.7 Å². The van der Waals surface area contributed by atoms with E-state index >= 15 is 0 Å². The van der Waals surface area contributed by atoms with Gasteiger partial charge < -0.3 is 25.0 Å². The average molecular weight is 549 g/mol. The van der Waals surface area contributed by atoms with E-state index in [2.05, 4.69) is 74.4 Å². The lowest BCUT2D eigenvalue weighted by atomic mass is 10.1. The number of carbonyl (C=O) groups is 1. The number of amides is 1. The van der Waals surface area contributed by atoms with Gasteiger partial charge in [-0.3, -0.25) is 9.69 Å². The molecule has 2 aliphatic heterocycles. The zero-order valence-electron chi connectivity index (χ0n) is 23.2. The SMILES string of the molecule is Cc1c(CN2CCN(c3ccccc3Cl)CC2)cc(C(=O)N2CCN(c3ccccc3)CC2C)n1CCCN. The molecule has 1 atom stereocenters. The van der Waals surface area contributed by atoms with Crippen molar-refractivity contribution < 1.29 is 4.79 Å². The van der Waals surface area contributed by atoms with Gasteiger partial charge in [0, 0.05) is 76.3 Å². The van der Waals surface area contributed by atoms with Gasteiger partial charge in [-0.2, -0.15) is 0 Å². The molecule has 5 rings (SSSR count). The van der Waals surface area contributed by atoms with Crippen LogP contribution in [0, 0.1) is 6.92 Å². The number of benzene rings is 2. The van der Waals surface area contributed by atoms with Crippen molar-refractivity contribution >= 4 is 28.9 Å². The predicted molar refractivity (Wildman–Crippen MR) is 161 cm³/mol. The van der Waals surface area contributed by atoms with E-state index in [4.69, 9.17) is 17.3 Å². The Morgan fingerprint density at radius 1 is 0.949 bits per heavy atom. The van der Waals surface area contributed by atoms with Gasteiger partial charge in [0.15, 0.2) is 0 Å². The number of piperazine rings is 2. The Labute approximate surface area is 237 Å². The fraction of sp³-hybridized carbons (Fsp3) is 0.452. The Hall–Kier alpha value is -3.00. The number of hydrogen-bond donors (Lipinski definition) is 1. The third-order valence-corrected chi connectivity index (χ3v) is 8.56. The molecule has 0 saturated carbocycles. The Kier molecular flexibility index (Phi) is 8.80. The van der Waals surface area contributed by atoms with Crippen LogP contribution in [0.2, 0.25) is 5.02 Å². The zero-order chi connectivity index (χ0) is 27.4. The van der Waals surface area contributed by atoms with Gasteiger partial charge in [-0.1, -0.05) is 41.9 Å². The fourth-order valence-corrected chi connectivity index (χ4v) is 6.21. The maximum atomic E-state index is 13.9. The monoisotopic (exact) mass is 548 g/mol. The van der Waals surface area contributed by atoms with Crippen LogP contribution in [0.5, 0.6) is 0 Å². The number of para-hydroxylation sites is 2. The molecule has 1 aromatic heterocycles. The van der Waals surface area contributed by atoms with Crippen LogP contribution in [0.3, 0.4) is 0 Å². The van der Waals surface area contributed by atoms with Crippen LogP contribution in [0.4, 0.5) is 11.4 Å². The summed E-state index contributed by atoms with van der Waals surface area (Å²) < 4.78 is 2.21. The minimum atomic E-state index is 0.130. The molecule has 2 N–H and O–H groups in total. The van der Waals surface area contributed by atoms with Crippen LogP contribution in [-0.4, -0.2) is 78.7 Å². The van der Waals surface area contributed by atoms with Crippen LogP contribution >= 0.6 is 11.6 Å². The molecule has 0 aliphatic carbocycles. The van der Waals surface area contributed by atoms with Crippen molar-refractivity contribution in [3.05, 3.63) is 82.6 Å². The molecule has 2 saturated heterocycles. The zero-order valence-corrected chi connectivity index (χ0v) is 24.0. The molecule has 39 heavy (non-hydrogen) atoms. The summed E-state index contributed by atoms with van der Waals surface area (Å²) >= 11 is 6.44. The minimum absolute atomic E-state index is 0.130. The first-order valence-electron chi connectivity index (χ1n) is 14.2. The minimum Gasteiger partial charge on any atom is -0.368 e. The second-order valence-electron chi connectivity index (χ2n) is 10.8. The number of nitrogens with zero attached hydrogens (tertiary/aromatic N) is 5. The predicted octanol–water partition coefficient (Wildman–Crippen LogP) is 4.47. The van der Waals surface area contributed by atoms with Gasteiger partial charge in [0.1, 0.15) is 5.69 Å². The van der Waals surface area contributed by atoms with E-state index < -0.39 is 0 Å². The second kappa shape index (κ2) is 12.5. The topological polar surface area (TPSA) is 61.0 Å². The van der Waals surface area contributed by atoms with Crippen molar-refractivity contribution in [2.75, 3.05) is 62.2 Å². The smallest absolute Gasteiger partial charge is 0.270 e. The third-order valence-electron chi connectivity index (χ3n) is 8.25. The molecule has 0 spiro atoms. The number of nitrogens with two attached hydrogens (primary N) is 1. The first-order valence-corrected chi connectivity index (χ1v) is 14.6. The van der Waals surface area contributed by atoms with Gasteiger partial charge >= 0.3 is 0 Å². The van der Waals surface area contributed by atoms with Crippen molar-refractivity contribution in [1.82, 2.24) is 14.4 Å². The molecule has 2 aromatic carbocycles. The Balaban J connectivity index is 1.28. The molecule has 1 unspecified atom stereocenters. The standard InChI is InChI=1S/C31H41ClN6O/c1-24-22-36(27-9-4-3-5-10-27)19-20-37(24)31(39)30-21-26(25(2)38(30)14-8-13-33)23-34-15-17-35(18-16-34)29-12-7-6-11-28(29)32/h3-7,9-12,21,24H,8,13-20,22-23,33H2,1-2H3. The summed E-state index contributed by atoms with van der Waals surface area (Å²) in [5.41, 5.74) is 11.4. The first-order chi connectivity index (χ1) is 19.0. The van der Waals surface area contributed by atoms with Gasteiger partial charge in [-0.25, -0.2) is 0 Å². The van der Waals surface area contributed by atoms with Gasteiger partial charge in [-0.05, 0) is 62.7 Å². The molecule has 7 nitrogen and oxygen atoms in total. The third kappa shape index (κ3) is 6.11.